The fourth-order valence-electron chi connectivity index (χ4n) is 10.0. The monoisotopic (exact) mass is 442 g/mol. The molecule has 0 aromatic rings. The summed E-state index contributed by atoms with van der Waals surface area (Å²) in [6, 6.07) is 0. The Labute approximate surface area is 198 Å². The van der Waals surface area contributed by atoms with E-state index in [1.165, 1.54) is 51.4 Å². The predicted octanol–water partition coefficient (Wildman–Crippen LogP) is 7.55. The molecule has 32 heavy (non-hydrogen) atoms. The summed E-state index contributed by atoms with van der Waals surface area (Å²) < 4.78 is 5.90. The second-order valence-corrected chi connectivity index (χ2v) is 14.6. The number of ether oxygens (including phenoxy) is 1. The molecule has 0 radical (unpaired) electrons. The average Bonchev–Trinajstić information content (AvgIpc) is 3.22. The lowest BCUT2D eigenvalue weighted by atomic mass is 9.41. The Hall–Kier alpha value is -0.340. The minimum absolute atomic E-state index is 0.0298. The standard InChI is InChI=1S/C30H50O2/c1-19(9-12-25-27(4,5)32-25)20-13-17-30(8)22-10-11-23-26(2,3)24(31)15-16-28(23,6)21(22)14-18-29(20,30)7/h10,19-21,23-25,31H,9,11-18H2,1-8H3/t19-,20-,21+,23+,24+,25+,28-,29+,30-/m1/s1. The maximum Gasteiger partial charge on any atom is 0.0892 e. The van der Waals surface area contributed by atoms with Crippen LogP contribution in [0.5, 0.6) is 0 Å². The molecule has 4 fully saturated rings. The molecule has 2 nitrogen and oxygen atoms in total. The van der Waals surface area contributed by atoms with Gasteiger partial charge in [0.05, 0.1) is 17.8 Å². The summed E-state index contributed by atoms with van der Waals surface area (Å²) in [5.41, 5.74) is 3.14. The third-order valence-electron chi connectivity index (χ3n) is 12.6. The number of aliphatic hydroxyl groups excluding tert-OH is 1. The Bertz CT molecular complexity index is 795. The summed E-state index contributed by atoms with van der Waals surface area (Å²) >= 11 is 0. The van der Waals surface area contributed by atoms with Crippen LogP contribution >= 0.6 is 0 Å². The van der Waals surface area contributed by atoms with Crippen LogP contribution in [0.3, 0.4) is 0 Å². The fourth-order valence-corrected chi connectivity index (χ4v) is 10.0. The van der Waals surface area contributed by atoms with Crippen molar-refractivity contribution in [3.8, 4) is 0 Å². The molecule has 9 atom stereocenters. The highest BCUT2D eigenvalue weighted by Crippen LogP contribution is 2.73. The van der Waals surface area contributed by atoms with E-state index in [-0.39, 0.29) is 17.1 Å². The molecule has 1 aliphatic heterocycles. The number of epoxide rings is 1. The summed E-state index contributed by atoms with van der Waals surface area (Å²) in [6.45, 7) is 19.6. The minimum Gasteiger partial charge on any atom is -0.393 e. The van der Waals surface area contributed by atoms with Crippen molar-refractivity contribution in [3.05, 3.63) is 11.6 Å². The van der Waals surface area contributed by atoms with Crippen LogP contribution < -0.4 is 0 Å². The van der Waals surface area contributed by atoms with Crippen molar-refractivity contribution in [2.75, 3.05) is 0 Å². The zero-order valence-electron chi connectivity index (χ0n) is 22.3. The van der Waals surface area contributed by atoms with E-state index in [2.05, 4.69) is 61.5 Å². The van der Waals surface area contributed by atoms with E-state index < -0.39 is 0 Å². The van der Waals surface area contributed by atoms with Gasteiger partial charge in [-0.3, -0.25) is 0 Å². The molecule has 182 valence electrons. The summed E-state index contributed by atoms with van der Waals surface area (Å²) in [6.07, 6.45) is 14.5. The average molecular weight is 443 g/mol. The molecule has 0 spiro atoms. The zero-order valence-corrected chi connectivity index (χ0v) is 22.3. The second kappa shape index (κ2) is 7.09. The lowest BCUT2D eigenvalue weighted by Gasteiger charge is -2.64. The first-order valence-electron chi connectivity index (χ1n) is 13.8. The van der Waals surface area contributed by atoms with Gasteiger partial charge in [-0.05, 0) is 117 Å². The van der Waals surface area contributed by atoms with Gasteiger partial charge in [0.1, 0.15) is 0 Å². The van der Waals surface area contributed by atoms with Crippen LogP contribution in [0.15, 0.2) is 11.6 Å². The van der Waals surface area contributed by atoms with Gasteiger partial charge in [-0.2, -0.15) is 0 Å². The van der Waals surface area contributed by atoms with Gasteiger partial charge in [0.2, 0.25) is 0 Å². The van der Waals surface area contributed by atoms with E-state index in [1.54, 1.807) is 0 Å². The maximum atomic E-state index is 10.8. The maximum absolute atomic E-state index is 10.8. The molecule has 0 unspecified atom stereocenters. The summed E-state index contributed by atoms with van der Waals surface area (Å²) in [7, 11) is 0. The normalized spacial score (nSPS) is 51.8. The van der Waals surface area contributed by atoms with Crippen molar-refractivity contribution in [2.24, 2.45) is 45.3 Å². The molecule has 3 saturated carbocycles. The molecule has 1 saturated heterocycles. The van der Waals surface area contributed by atoms with Crippen LogP contribution in [0.4, 0.5) is 0 Å². The first kappa shape index (κ1) is 23.4. The smallest absolute Gasteiger partial charge is 0.0892 e. The second-order valence-electron chi connectivity index (χ2n) is 14.6. The molecule has 0 aromatic heterocycles. The first-order valence-corrected chi connectivity index (χ1v) is 13.8. The Morgan fingerprint density at radius 1 is 1.00 bits per heavy atom. The molecular formula is C30H50O2. The van der Waals surface area contributed by atoms with Crippen LogP contribution in [0.25, 0.3) is 0 Å². The Morgan fingerprint density at radius 3 is 2.34 bits per heavy atom. The number of hydrogen-bond acceptors (Lipinski definition) is 2. The van der Waals surface area contributed by atoms with Gasteiger partial charge in [-0.25, -0.2) is 0 Å². The van der Waals surface area contributed by atoms with Crippen molar-refractivity contribution in [2.45, 2.75) is 131 Å². The molecule has 1 N–H and O–H groups in total. The molecule has 2 heteroatoms. The molecule has 0 aromatic carbocycles. The summed E-state index contributed by atoms with van der Waals surface area (Å²) in [5.74, 6) is 2.96. The van der Waals surface area contributed by atoms with Gasteiger partial charge in [0.15, 0.2) is 0 Å². The van der Waals surface area contributed by atoms with Crippen molar-refractivity contribution in [1.82, 2.24) is 0 Å². The van der Waals surface area contributed by atoms with Crippen LogP contribution in [0, 0.1) is 45.3 Å². The molecule has 0 amide bonds. The fraction of sp³-hybridized carbons (Fsp3) is 0.933. The van der Waals surface area contributed by atoms with Gasteiger partial charge in [0.25, 0.3) is 0 Å². The molecule has 5 rings (SSSR count). The van der Waals surface area contributed by atoms with Crippen LogP contribution in [0.1, 0.15) is 113 Å². The van der Waals surface area contributed by atoms with Crippen LogP contribution in [-0.2, 0) is 4.74 Å². The lowest BCUT2D eigenvalue weighted by Crippen LogP contribution is -2.58. The Balaban J connectivity index is 1.39. The number of aliphatic hydroxyl groups is 1. The number of allylic oxidation sites excluding steroid dienone is 2. The van der Waals surface area contributed by atoms with E-state index in [4.69, 9.17) is 4.74 Å². The topological polar surface area (TPSA) is 32.8 Å². The Kier molecular flexibility index (Phi) is 5.19. The summed E-state index contributed by atoms with van der Waals surface area (Å²) in [5, 5.41) is 10.8. The molecule has 0 bridgehead atoms. The van der Waals surface area contributed by atoms with Crippen molar-refractivity contribution >= 4 is 0 Å². The van der Waals surface area contributed by atoms with Crippen molar-refractivity contribution in [3.63, 3.8) is 0 Å². The van der Waals surface area contributed by atoms with Crippen LogP contribution in [0.2, 0.25) is 0 Å². The van der Waals surface area contributed by atoms with Gasteiger partial charge >= 0.3 is 0 Å². The largest absolute Gasteiger partial charge is 0.393 e. The van der Waals surface area contributed by atoms with Crippen molar-refractivity contribution < 1.29 is 9.84 Å². The van der Waals surface area contributed by atoms with Gasteiger partial charge < -0.3 is 9.84 Å². The van der Waals surface area contributed by atoms with E-state index in [9.17, 15) is 5.11 Å². The highest BCUT2D eigenvalue weighted by atomic mass is 16.6. The third-order valence-corrected chi connectivity index (χ3v) is 12.6. The van der Waals surface area contributed by atoms with Gasteiger partial charge in [0, 0.05) is 0 Å². The Morgan fingerprint density at radius 2 is 1.69 bits per heavy atom. The lowest BCUT2D eigenvalue weighted by molar-refractivity contribution is -0.131. The highest BCUT2D eigenvalue weighted by molar-refractivity contribution is 5.33. The van der Waals surface area contributed by atoms with E-state index in [1.807, 2.05) is 5.57 Å². The minimum atomic E-state index is -0.142. The highest BCUT2D eigenvalue weighted by Gasteiger charge is 2.65. The van der Waals surface area contributed by atoms with E-state index >= 15 is 0 Å². The first-order chi connectivity index (χ1) is 14.8. The quantitative estimate of drug-likeness (QED) is 0.360. The predicted molar refractivity (Wildman–Crippen MR) is 132 cm³/mol. The van der Waals surface area contributed by atoms with E-state index in [0.29, 0.717) is 28.3 Å². The molecular weight excluding hydrogens is 392 g/mol. The van der Waals surface area contributed by atoms with Crippen LogP contribution in [-0.4, -0.2) is 22.9 Å². The molecule has 1 heterocycles. The SMILES string of the molecule is C[C@H](CC[C@@H]1OC1(C)C)[C@H]1CC[C@]2(C)C3=CC[C@H]4C(C)(C)[C@@H](O)CC[C@]4(C)[C@H]3CC[C@@]12C. The van der Waals surface area contributed by atoms with Crippen molar-refractivity contribution in [1.29, 1.82) is 0 Å². The van der Waals surface area contributed by atoms with Gasteiger partial charge in [-0.15, -0.1) is 0 Å². The third kappa shape index (κ3) is 3.03. The number of rotatable bonds is 4. The van der Waals surface area contributed by atoms with E-state index in [0.717, 1.165) is 24.2 Å². The van der Waals surface area contributed by atoms with Gasteiger partial charge in [-0.1, -0.05) is 53.2 Å². The number of hydrogen-bond donors (Lipinski definition) is 1. The molecule has 4 aliphatic carbocycles. The zero-order chi connectivity index (χ0) is 23.3. The molecule has 5 aliphatic rings. The summed E-state index contributed by atoms with van der Waals surface area (Å²) in [4.78, 5) is 0. The number of fused-ring (bicyclic) bond motifs is 5.